The van der Waals surface area contributed by atoms with E-state index >= 15 is 0 Å². The van der Waals surface area contributed by atoms with Gasteiger partial charge >= 0.3 is 11.3 Å². The van der Waals surface area contributed by atoms with Gasteiger partial charge in [-0.05, 0) is 22.1 Å². The first-order valence-electron chi connectivity index (χ1n) is 9.55. The maximum Gasteiger partial charge on any atom is 0.432 e. The van der Waals surface area contributed by atoms with E-state index in [0.717, 1.165) is 0 Å². The van der Waals surface area contributed by atoms with Crippen LogP contribution in [-0.2, 0) is 20.9 Å². The summed E-state index contributed by atoms with van der Waals surface area (Å²) < 4.78 is 12.0. The van der Waals surface area contributed by atoms with Crippen LogP contribution in [0.4, 0.5) is 5.69 Å². The van der Waals surface area contributed by atoms with Crippen molar-refractivity contribution in [3.8, 4) is 5.69 Å². The number of anilines is 1. The molecule has 1 aliphatic heterocycles. The third-order valence-corrected chi connectivity index (χ3v) is 4.79. The predicted octanol–water partition coefficient (Wildman–Crippen LogP) is 1.00. The number of para-hydroxylation sites is 2. The number of nitrogens with zero attached hydrogens (tertiary/aromatic N) is 2. The van der Waals surface area contributed by atoms with Crippen LogP contribution in [0, 0.1) is 0 Å². The molecule has 3 aromatic rings. The summed E-state index contributed by atoms with van der Waals surface area (Å²) in [6, 6.07) is 18.1. The molecule has 0 spiro atoms. The zero-order valence-electron chi connectivity index (χ0n) is 16.1. The molecule has 2 amide bonds. The number of aromatic nitrogens is 2. The molecule has 154 valence electrons. The Balaban J connectivity index is 1.45. The maximum atomic E-state index is 12.9. The van der Waals surface area contributed by atoms with Crippen LogP contribution in [0.15, 0.2) is 70.0 Å². The van der Waals surface area contributed by atoms with E-state index in [4.69, 9.17) is 9.26 Å². The average molecular weight is 409 g/mol. The summed E-state index contributed by atoms with van der Waals surface area (Å²) in [6.45, 7) is 0.630. The largest absolute Gasteiger partial charge is 0.432 e. The lowest BCUT2D eigenvalue weighted by Gasteiger charge is -2.30. The molecule has 0 saturated carbocycles. The Morgan fingerprint density at radius 2 is 1.80 bits per heavy atom. The molecule has 0 aliphatic carbocycles. The molecular weight excluding hydrogens is 388 g/mol. The number of morpholine rings is 1. The van der Waals surface area contributed by atoms with E-state index in [-0.39, 0.29) is 37.1 Å². The minimum atomic E-state index is -0.904. The number of carbonyl (C=O) groups excluding carboxylic acids is 2. The van der Waals surface area contributed by atoms with Crippen molar-refractivity contribution in [1.29, 1.82) is 0 Å². The lowest BCUT2D eigenvalue weighted by molar-refractivity contribution is -0.678. The van der Waals surface area contributed by atoms with Gasteiger partial charge in [0.05, 0.1) is 13.0 Å². The molecule has 2 N–H and O–H groups in total. The molecule has 1 aliphatic rings. The fraction of sp³-hybridized carbons (Fsp3) is 0.238. The summed E-state index contributed by atoms with van der Waals surface area (Å²) in [5.41, 5.74) is 1.08. The van der Waals surface area contributed by atoms with E-state index in [1.807, 2.05) is 48.5 Å². The number of H-pyrrole nitrogens is 1. The Bertz CT molecular complexity index is 1080. The topological polar surface area (TPSA) is 109 Å². The molecule has 4 rings (SSSR count). The highest BCUT2D eigenvalue weighted by Crippen LogP contribution is 2.14. The second-order valence-corrected chi connectivity index (χ2v) is 6.84. The number of hydrogen-bond acceptors (Lipinski definition) is 5. The van der Waals surface area contributed by atoms with E-state index in [0.29, 0.717) is 17.9 Å². The SMILES string of the molecule is O=C(CC1OCCN(Cc2c(=O)o[nH][n+]2-c2ccccc2)C1=O)Nc1ccccc1. The fourth-order valence-corrected chi connectivity index (χ4v) is 3.29. The van der Waals surface area contributed by atoms with Crippen molar-refractivity contribution in [2.45, 2.75) is 19.1 Å². The van der Waals surface area contributed by atoms with Crippen molar-refractivity contribution in [3.05, 3.63) is 76.8 Å². The maximum absolute atomic E-state index is 12.9. The van der Waals surface area contributed by atoms with Gasteiger partial charge in [0.1, 0.15) is 12.6 Å². The van der Waals surface area contributed by atoms with Gasteiger partial charge in [-0.3, -0.25) is 14.1 Å². The summed E-state index contributed by atoms with van der Waals surface area (Å²) in [5, 5.41) is 5.31. The molecule has 1 saturated heterocycles. The lowest BCUT2D eigenvalue weighted by atomic mass is 10.1. The van der Waals surface area contributed by atoms with Crippen LogP contribution in [0.2, 0.25) is 0 Å². The number of amides is 2. The first-order valence-corrected chi connectivity index (χ1v) is 9.55. The van der Waals surface area contributed by atoms with Gasteiger partial charge in [0.15, 0.2) is 0 Å². The molecule has 1 atom stereocenters. The molecule has 9 heteroatoms. The molecule has 0 bridgehead atoms. The molecule has 30 heavy (non-hydrogen) atoms. The van der Waals surface area contributed by atoms with Crippen molar-refractivity contribution < 1.29 is 23.5 Å². The van der Waals surface area contributed by atoms with Gasteiger partial charge in [-0.15, -0.1) is 0 Å². The monoisotopic (exact) mass is 409 g/mol. The molecule has 0 radical (unpaired) electrons. The third-order valence-electron chi connectivity index (χ3n) is 4.79. The van der Waals surface area contributed by atoms with Gasteiger partial charge in [-0.25, -0.2) is 4.79 Å². The standard InChI is InChI=1S/C21H20N4O5/c26-19(22-15-7-3-1-4-8-15)13-18-20(27)24(11-12-29-18)14-17-21(28)30-23-25(17)16-9-5-2-6-10-16/h1-10,18H,11-14H2,(H-,22,23,26,28)/p+1. The number of hydrogen-bond donors (Lipinski definition) is 2. The molecule has 9 nitrogen and oxygen atoms in total. The van der Waals surface area contributed by atoms with E-state index in [1.165, 1.54) is 9.58 Å². The van der Waals surface area contributed by atoms with Crippen LogP contribution in [0.5, 0.6) is 0 Å². The Morgan fingerprint density at radius 1 is 1.10 bits per heavy atom. The number of nitrogens with one attached hydrogen (secondary N) is 2. The minimum absolute atomic E-state index is 0.0414. The van der Waals surface area contributed by atoms with Gasteiger partial charge < -0.3 is 15.0 Å². The number of benzene rings is 2. The van der Waals surface area contributed by atoms with Crippen molar-refractivity contribution >= 4 is 17.5 Å². The highest BCUT2D eigenvalue weighted by Gasteiger charge is 2.35. The molecule has 1 fully saturated rings. The summed E-state index contributed by atoms with van der Waals surface area (Å²) in [4.78, 5) is 38.9. The normalized spacial score (nSPS) is 16.5. The van der Waals surface area contributed by atoms with E-state index in [1.54, 1.807) is 12.1 Å². The molecule has 1 unspecified atom stereocenters. The summed E-state index contributed by atoms with van der Waals surface area (Å²) in [7, 11) is 0. The van der Waals surface area contributed by atoms with Gasteiger partial charge in [0.2, 0.25) is 11.6 Å². The molecule has 1 aromatic heterocycles. The van der Waals surface area contributed by atoms with Gasteiger partial charge in [0, 0.05) is 24.4 Å². The minimum Gasteiger partial charge on any atom is -0.366 e. The van der Waals surface area contributed by atoms with Crippen LogP contribution in [0.3, 0.4) is 0 Å². The van der Waals surface area contributed by atoms with Crippen molar-refractivity contribution in [3.63, 3.8) is 0 Å². The zero-order chi connectivity index (χ0) is 20.9. The van der Waals surface area contributed by atoms with Gasteiger partial charge in [-0.1, -0.05) is 36.4 Å². The second kappa shape index (κ2) is 8.75. The molecule has 2 heterocycles. The van der Waals surface area contributed by atoms with Crippen molar-refractivity contribution in [2.75, 3.05) is 18.5 Å². The molecule has 2 aromatic carbocycles. The smallest absolute Gasteiger partial charge is 0.366 e. The van der Waals surface area contributed by atoms with Crippen molar-refractivity contribution in [1.82, 2.24) is 10.2 Å². The summed E-state index contributed by atoms with van der Waals surface area (Å²) in [6.07, 6.45) is -1.01. The van der Waals surface area contributed by atoms with Crippen LogP contribution in [0.1, 0.15) is 12.1 Å². The summed E-state index contributed by atoms with van der Waals surface area (Å²) >= 11 is 0. The first-order chi connectivity index (χ1) is 14.6. The predicted molar refractivity (Wildman–Crippen MR) is 106 cm³/mol. The van der Waals surface area contributed by atoms with E-state index in [2.05, 4.69) is 10.6 Å². The van der Waals surface area contributed by atoms with Gasteiger partial charge in [0.25, 0.3) is 5.91 Å². The Hall–Kier alpha value is -3.72. The Labute approximate surface area is 171 Å². The lowest BCUT2D eigenvalue weighted by Crippen LogP contribution is -2.51. The van der Waals surface area contributed by atoms with Crippen LogP contribution in [0.25, 0.3) is 5.69 Å². The zero-order valence-corrected chi connectivity index (χ0v) is 16.1. The summed E-state index contributed by atoms with van der Waals surface area (Å²) in [5.74, 6) is -0.661. The second-order valence-electron chi connectivity index (χ2n) is 6.84. The number of aromatic amines is 1. The third kappa shape index (κ3) is 4.31. The van der Waals surface area contributed by atoms with E-state index in [9.17, 15) is 14.4 Å². The van der Waals surface area contributed by atoms with Crippen molar-refractivity contribution in [2.24, 2.45) is 0 Å². The Morgan fingerprint density at radius 3 is 2.53 bits per heavy atom. The quantitative estimate of drug-likeness (QED) is 0.591. The first kappa shape index (κ1) is 19.6. The Kier molecular flexibility index (Phi) is 5.71. The van der Waals surface area contributed by atoms with Gasteiger partial charge in [-0.2, -0.15) is 0 Å². The van der Waals surface area contributed by atoms with Crippen LogP contribution < -0.4 is 15.6 Å². The number of rotatable bonds is 6. The number of carbonyl (C=O) groups is 2. The number of ether oxygens (including phenoxy) is 1. The average Bonchev–Trinajstić information content (AvgIpc) is 3.12. The fourth-order valence-electron chi connectivity index (χ4n) is 3.29. The molecular formula is C21H21N4O5+. The van der Waals surface area contributed by atoms with E-state index < -0.39 is 11.7 Å². The highest BCUT2D eigenvalue weighted by molar-refractivity contribution is 5.95. The van der Waals surface area contributed by atoms with Crippen LogP contribution >= 0.6 is 0 Å². The highest BCUT2D eigenvalue weighted by atomic mass is 16.5. The van der Waals surface area contributed by atoms with Crippen LogP contribution in [-0.4, -0.2) is 41.2 Å².